The Morgan fingerprint density at radius 3 is 2.25 bits per heavy atom. The van der Waals surface area contributed by atoms with Gasteiger partial charge in [0.25, 0.3) is 0 Å². The second kappa shape index (κ2) is 5.46. The number of carbonyl (C=O) groups is 1. The van der Waals surface area contributed by atoms with Crippen LogP contribution in [0.25, 0.3) is 0 Å². The van der Waals surface area contributed by atoms with Gasteiger partial charge in [0.1, 0.15) is 5.60 Å². The van der Waals surface area contributed by atoms with Crippen LogP contribution in [0.4, 0.5) is 4.39 Å². The molecule has 1 aliphatic rings. The van der Waals surface area contributed by atoms with Crippen molar-refractivity contribution in [2.75, 3.05) is 0 Å². The molecule has 1 fully saturated rings. The molecule has 0 aliphatic heterocycles. The normalized spacial score (nSPS) is 18.8. The fourth-order valence-electron chi connectivity index (χ4n) is 2.84. The Bertz CT molecular complexity index is 263. The van der Waals surface area contributed by atoms with Gasteiger partial charge in [0.15, 0.2) is 0 Å². The van der Waals surface area contributed by atoms with Crippen molar-refractivity contribution in [3.63, 3.8) is 0 Å². The summed E-state index contributed by atoms with van der Waals surface area (Å²) in [4.78, 5) is 11.3. The molecule has 0 saturated heterocycles. The van der Waals surface area contributed by atoms with Crippen molar-refractivity contribution >= 4 is 5.97 Å². The van der Waals surface area contributed by atoms with Gasteiger partial charge in [-0.3, -0.25) is 0 Å². The average Bonchev–Trinajstić information content (AvgIpc) is 2.69. The number of hydrogen-bond acceptors (Lipinski definition) is 2. The van der Waals surface area contributed by atoms with Gasteiger partial charge in [-0.25, -0.2) is 4.79 Å². The summed E-state index contributed by atoms with van der Waals surface area (Å²) in [7, 11) is 0. The zero-order chi connectivity index (χ0) is 12.2. The van der Waals surface area contributed by atoms with E-state index in [0.717, 1.165) is 38.5 Å². The van der Waals surface area contributed by atoms with Crippen molar-refractivity contribution in [2.45, 2.75) is 58.0 Å². The maximum atomic E-state index is 12.7. The molecule has 2 nitrogen and oxygen atoms in total. The molecule has 0 bridgehead atoms. The van der Waals surface area contributed by atoms with E-state index in [2.05, 4.69) is 20.4 Å². The molecule has 3 heteroatoms. The second-order valence-corrected chi connectivity index (χ2v) is 4.58. The van der Waals surface area contributed by atoms with Gasteiger partial charge < -0.3 is 4.74 Å². The molecule has 0 aromatic rings. The third-order valence-corrected chi connectivity index (χ3v) is 3.70. The predicted octanol–water partition coefficient (Wildman–Crippen LogP) is 3.76. The van der Waals surface area contributed by atoms with Crippen molar-refractivity contribution < 1.29 is 13.9 Å². The molecule has 0 aromatic carbocycles. The molecule has 0 unspecified atom stereocenters. The molecule has 1 rings (SSSR count). The Morgan fingerprint density at radius 2 is 1.88 bits per heavy atom. The number of esters is 1. The zero-order valence-electron chi connectivity index (χ0n) is 10.2. The minimum atomic E-state index is -0.989. The lowest BCUT2D eigenvalue weighted by molar-refractivity contribution is -0.163. The first kappa shape index (κ1) is 13.2. The number of halogens is 1. The van der Waals surface area contributed by atoms with Crippen LogP contribution in [0.3, 0.4) is 0 Å². The highest BCUT2D eigenvalue weighted by molar-refractivity contribution is 5.85. The van der Waals surface area contributed by atoms with Gasteiger partial charge in [0, 0.05) is 0 Å². The summed E-state index contributed by atoms with van der Waals surface area (Å²) < 4.78 is 18.1. The largest absolute Gasteiger partial charge is 0.454 e. The Kier molecular flexibility index (Phi) is 4.51. The van der Waals surface area contributed by atoms with E-state index in [1.807, 2.05) is 0 Å². The lowest BCUT2D eigenvalue weighted by Crippen LogP contribution is -2.39. The quantitative estimate of drug-likeness (QED) is 0.529. The van der Waals surface area contributed by atoms with Crippen LogP contribution in [0.15, 0.2) is 12.4 Å². The van der Waals surface area contributed by atoms with Gasteiger partial charge >= 0.3 is 5.97 Å². The molecule has 0 radical (unpaired) electrons. The van der Waals surface area contributed by atoms with Gasteiger partial charge in [0.05, 0.1) is 0 Å². The van der Waals surface area contributed by atoms with Crippen molar-refractivity contribution in [3.8, 4) is 0 Å². The SMILES string of the molecule is C=C(F)C(=O)OC1(C(CC)CC)CCCC1. The van der Waals surface area contributed by atoms with Crippen molar-refractivity contribution in [1.29, 1.82) is 0 Å². The Hall–Kier alpha value is -0.860. The monoisotopic (exact) mass is 228 g/mol. The lowest BCUT2D eigenvalue weighted by atomic mass is 9.82. The standard InChI is InChI=1S/C13H21FO2/c1-4-11(5-2)13(8-6-7-9-13)16-12(15)10(3)14/h11H,3-9H2,1-2H3. The van der Waals surface area contributed by atoms with E-state index < -0.39 is 17.4 Å². The summed E-state index contributed by atoms with van der Waals surface area (Å²) in [6, 6.07) is 0. The molecule has 0 heterocycles. The molecule has 0 amide bonds. The van der Waals surface area contributed by atoms with Gasteiger partial charge in [-0.05, 0) is 44.4 Å². The molecule has 0 spiro atoms. The van der Waals surface area contributed by atoms with Gasteiger partial charge in [-0.2, -0.15) is 4.39 Å². The molecule has 1 aliphatic carbocycles. The van der Waals surface area contributed by atoms with E-state index in [4.69, 9.17) is 4.74 Å². The van der Waals surface area contributed by atoms with Crippen LogP contribution in [0, 0.1) is 5.92 Å². The predicted molar refractivity (Wildman–Crippen MR) is 61.6 cm³/mol. The van der Waals surface area contributed by atoms with Crippen LogP contribution >= 0.6 is 0 Å². The van der Waals surface area contributed by atoms with Gasteiger partial charge in [0.2, 0.25) is 5.83 Å². The molecule has 0 aromatic heterocycles. The second-order valence-electron chi connectivity index (χ2n) is 4.58. The lowest BCUT2D eigenvalue weighted by Gasteiger charge is -2.36. The minimum absolute atomic E-state index is 0.332. The zero-order valence-corrected chi connectivity index (χ0v) is 10.2. The van der Waals surface area contributed by atoms with Crippen LogP contribution in [-0.2, 0) is 9.53 Å². The van der Waals surface area contributed by atoms with Crippen LogP contribution in [0.1, 0.15) is 52.4 Å². The summed E-state index contributed by atoms with van der Waals surface area (Å²) in [6.45, 7) is 7.18. The number of ether oxygens (including phenoxy) is 1. The highest BCUT2D eigenvalue weighted by Gasteiger charge is 2.43. The number of carbonyl (C=O) groups excluding carboxylic acids is 1. The highest BCUT2D eigenvalue weighted by Crippen LogP contribution is 2.42. The fourth-order valence-corrected chi connectivity index (χ4v) is 2.84. The molecule has 0 N–H and O–H groups in total. The van der Waals surface area contributed by atoms with Crippen LogP contribution in [-0.4, -0.2) is 11.6 Å². The van der Waals surface area contributed by atoms with Crippen LogP contribution in [0.5, 0.6) is 0 Å². The summed E-state index contributed by atoms with van der Waals surface area (Å²) in [5.74, 6) is -1.54. The molecule has 16 heavy (non-hydrogen) atoms. The molecule has 1 saturated carbocycles. The van der Waals surface area contributed by atoms with Crippen molar-refractivity contribution in [3.05, 3.63) is 12.4 Å². The first-order valence-corrected chi connectivity index (χ1v) is 6.13. The first-order chi connectivity index (χ1) is 7.55. The van der Waals surface area contributed by atoms with E-state index in [9.17, 15) is 9.18 Å². The summed E-state index contributed by atoms with van der Waals surface area (Å²) in [6.07, 6.45) is 5.76. The average molecular weight is 228 g/mol. The smallest absolute Gasteiger partial charge is 0.367 e. The van der Waals surface area contributed by atoms with E-state index in [0.29, 0.717) is 5.92 Å². The fraction of sp³-hybridized carbons (Fsp3) is 0.769. The van der Waals surface area contributed by atoms with E-state index >= 15 is 0 Å². The summed E-state index contributed by atoms with van der Waals surface area (Å²) in [5, 5.41) is 0. The van der Waals surface area contributed by atoms with E-state index in [1.54, 1.807) is 0 Å². The van der Waals surface area contributed by atoms with Crippen LogP contribution < -0.4 is 0 Å². The number of hydrogen-bond donors (Lipinski definition) is 0. The van der Waals surface area contributed by atoms with Crippen molar-refractivity contribution in [1.82, 2.24) is 0 Å². The highest BCUT2D eigenvalue weighted by atomic mass is 19.1. The first-order valence-electron chi connectivity index (χ1n) is 6.13. The maximum Gasteiger partial charge on any atom is 0.367 e. The molecule has 92 valence electrons. The Labute approximate surface area is 96.9 Å². The van der Waals surface area contributed by atoms with E-state index in [1.165, 1.54) is 0 Å². The molecular formula is C13H21FO2. The van der Waals surface area contributed by atoms with Gasteiger partial charge in [-0.15, -0.1) is 0 Å². The van der Waals surface area contributed by atoms with Gasteiger partial charge in [-0.1, -0.05) is 20.4 Å². The Balaban J connectivity index is 2.80. The third kappa shape index (κ3) is 2.63. The number of rotatable bonds is 5. The van der Waals surface area contributed by atoms with Crippen LogP contribution in [0.2, 0.25) is 0 Å². The maximum absolute atomic E-state index is 12.7. The Morgan fingerprint density at radius 1 is 1.38 bits per heavy atom. The third-order valence-electron chi connectivity index (χ3n) is 3.70. The topological polar surface area (TPSA) is 26.3 Å². The molecular weight excluding hydrogens is 207 g/mol. The molecule has 0 atom stereocenters. The van der Waals surface area contributed by atoms with Crippen molar-refractivity contribution in [2.24, 2.45) is 5.92 Å². The summed E-state index contributed by atoms with van der Waals surface area (Å²) in [5.41, 5.74) is -0.435. The van der Waals surface area contributed by atoms with E-state index in [-0.39, 0.29) is 0 Å². The summed E-state index contributed by atoms with van der Waals surface area (Å²) >= 11 is 0. The minimum Gasteiger partial charge on any atom is -0.454 e.